The van der Waals surface area contributed by atoms with Crippen LogP contribution in [0.1, 0.15) is 34.6 Å². The zero-order valence-corrected chi connectivity index (χ0v) is 14.7. The number of carbonyl (C=O) groups excluding carboxylic acids is 2. The van der Waals surface area contributed by atoms with Crippen LogP contribution >= 0.6 is 22.9 Å². The van der Waals surface area contributed by atoms with Crippen molar-refractivity contribution in [3.8, 4) is 10.6 Å². The molecule has 3 rings (SSSR count). The van der Waals surface area contributed by atoms with Crippen LogP contribution in [0.5, 0.6) is 0 Å². The Kier molecular flexibility index (Phi) is 5.16. The van der Waals surface area contributed by atoms with Crippen LogP contribution in [-0.2, 0) is 9.53 Å². The van der Waals surface area contributed by atoms with Crippen LogP contribution in [0.3, 0.4) is 0 Å². The molecule has 2 aromatic rings. The number of hydrogen-bond donors (Lipinski definition) is 1. The van der Waals surface area contributed by atoms with Gasteiger partial charge in [-0.15, -0.1) is 11.3 Å². The average Bonchev–Trinajstić information content (AvgIpc) is 2.84. The monoisotopic (exact) mass is 364 g/mol. The number of thiazole rings is 1. The Labute approximate surface area is 149 Å². The first-order valence-electron chi connectivity index (χ1n) is 7.76. The number of carbonyl (C=O) groups is 2. The zero-order chi connectivity index (χ0) is 17.1. The molecule has 0 spiro atoms. The van der Waals surface area contributed by atoms with E-state index in [4.69, 9.17) is 16.3 Å². The van der Waals surface area contributed by atoms with Crippen molar-refractivity contribution in [3.63, 3.8) is 0 Å². The Hall–Kier alpha value is -1.92. The van der Waals surface area contributed by atoms with Gasteiger partial charge >= 0.3 is 5.97 Å². The van der Waals surface area contributed by atoms with E-state index in [1.54, 1.807) is 19.1 Å². The maximum atomic E-state index is 12.4. The first-order valence-corrected chi connectivity index (χ1v) is 8.96. The molecule has 1 fully saturated rings. The fourth-order valence-electron chi connectivity index (χ4n) is 2.51. The first kappa shape index (κ1) is 16.9. The van der Waals surface area contributed by atoms with Crippen LogP contribution in [0.25, 0.3) is 10.6 Å². The van der Waals surface area contributed by atoms with E-state index in [0.29, 0.717) is 28.6 Å². The highest BCUT2D eigenvalue weighted by atomic mass is 35.5. The summed E-state index contributed by atoms with van der Waals surface area (Å²) in [4.78, 5) is 29.2. The van der Waals surface area contributed by atoms with Crippen LogP contribution in [0, 0.1) is 6.92 Å². The maximum absolute atomic E-state index is 12.4. The number of nitrogens with zero attached hydrogens (tertiary/aromatic N) is 1. The topological polar surface area (TPSA) is 68.3 Å². The Bertz CT molecular complexity index is 758. The molecule has 0 saturated carbocycles. The third-order valence-corrected chi connectivity index (χ3v) is 5.25. The number of rotatable bonds is 3. The third-order valence-electron chi connectivity index (χ3n) is 3.81. The van der Waals surface area contributed by atoms with Gasteiger partial charge < -0.3 is 10.1 Å². The van der Waals surface area contributed by atoms with Gasteiger partial charge in [0.1, 0.15) is 9.88 Å². The molecule has 0 bridgehead atoms. The summed E-state index contributed by atoms with van der Waals surface area (Å²) in [5, 5.41) is 4.13. The fourth-order valence-corrected chi connectivity index (χ4v) is 3.59. The second-order valence-electron chi connectivity index (χ2n) is 5.62. The standard InChI is InChI=1S/C17H17ClN2O3S/c1-10-14(17(22)23-13-4-2-3-9-19-15(13)21)24-16(20-10)11-5-7-12(18)8-6-11/h5-8,13H,2-4,9H2,1H3,(H,19,21)/t13-/m0/s1. The minimum atomic E-state index is -0.722. The summed E-state index contributed by atoms with van der Waals surface area (Å²) in [5.41, 5.74) is 1.49. The van der Waals surface area contributed by atoms with Crippen LogP contribution in [-0.4, -0.2) is 29.5 Å². The molecule has 1 N–H and O–H groups in total. The van der Waals surface area contributed by atoms with E-state index in [1.807, 2.05) is 12.1 Å². The van der Waals surface area contributed by atoms with Crippen molar-refractivity contribution in [3.05, 3.63) is 39.9 Å². The molecule has 1 aliphatic rings. The Morgan fingerprint density at radius 2 is 2.08 bits per heavy atom. The maximum Gasteiger partial charge on any atom is 0.351 e. The SMILES string of the molecule is Cc1nc(-c2ccc(Cl)cc2)sc1C(=O)O[C@H]1CCCCNC1=O. The lowest BCUT2D eigenvalue weighted by atomic mass is 10.2. The molecule has 7 heteroatoms. The van der Waals surface area contributed by atoms with Gasteiger partial charge in [0, 0.05) is 17.1 Å². The minimum Gasteiger partial charge on any atom is -0.448 e. The minimum absolute atomic E-state index is 0.221. The lowest BCUT2D eigenvalue weighted by molar-refractivity contribution is -0.129. The van der Waals surface area contributed by atoms with Crippen LogP contribution in [0.15, 0.2) is 24.3 Å². The van der Waals surface area contributed by atoms with E-state index >= 15 is 0 Å². The number of nitrogens with one attached hydrogen (secondary N) is 1. The number of aryl methyl sites for hydroxylation is 1. The molecule has 5 nitrogen and oxygen atoms in total. The molecule has 24 heavy (non-hydrogen) atoms. The van der Waals surface area contributed by atoms with Crippen LogP contribution in [0.4, 0.5) is 0 Å². The number of esters is 1. The van der Waals surface area contributed by atoms with Crippen molar-refractivity contribution in [2.45, 2.75) is 32.3 Å². The van der Waals surface area contributed by atoms with Crippen LogP contribution in [0.2, 0.25) is 5.02 Å². The summed E-state index contributed by atoms with van der Waals surface area (Å²) in [6, 6.07) is 7.27. The molecule has 0 aliphatic carbocycles. The second-order valence-corrected chi connectivity index (χ2v) is 7.06. The van der Waals surface area contributed by atoms with Gasteiger partial charge in [-0.2, -0.15) is 0 Å². The van der Waals surface area contributed by atoms with Gasteiger partial charge in [-0.25, -0.2) is 9.78 Å². The third kappa shape index (κ3) is 3.76. The zero-order valence-electron chi connectivity index (χ0n) is 13.2. The number of halogens is 1. The quantitative estimate of drug-likeness (QED) is 0.845. The summed E-state index contributed by atoms with van der Waals surface area (Å²) in [6.07, 6.45) is 1.59. The van der Waals surface area contributed by atoms with E-state index in [-0.39, 0.29) is 5.91 Å². The van der Waals surface area contributed by atoms with Gasteiger partial charge in [0.15, 0.2) is 6.10 Å². The molecule has 126 valence electrons. The molecule has 1 aromatic carbocycles. The van der Waals surface area contributed by atoms with Crippen molar-refractivity contribution in [2.24, 2.45) is 0 Å². The summed E-state index contributed by atoms with van der Waals surface area (Å²) in [7, 11) is 0. The van der Waals surface area contributed by atoms with Gasteiger partial charge in [0.25, 0.3) is 5.91 Å². The number of aromatic nitrogens is 1. The summed E-state index contributed by atoms with van der Waals surface area (Å²) in [5.74, 6) is -0.715. The molecule has 0 unspecified atom stereocenters. The highest BCUT2D eigenvalue weighted by Gasteiger charge is 2.27. The Morgan fingerprint density at radius 1 is 1.33 bits per heavy atom. The smallest absolute Gasteiger partial charge is 0.351 e. The number of amides is 1. The second kappa shape index (κ2) is 7.32. The van der Waals surface area contributed by atoms with E-state index in [9.17, 15) is 9.59 Å². The molecule has 2 heterocycles. The predicted molar refractivity (Wildman–Crippen MR) is 93.4 cm³/mol. The van der Waals surface area contributed by atoms with Crippen molar-refractivity contribution in [1.29, 1.82) is 0 Å². The summed E-state index contributed by atoms with van der Waals surface area (Å²) < 4.78 is 5.42. The molecule has 1 atom stereocenters. The van der Waals surface area contributed by atoms with E-state index in [1.165, 1.54) is 11.3 Å². The lowest BCUT2D eigenvalue weighted by Gasteiger charge is -2.13. The van der Waals surface area contributed by atoms with Crippen LogP contribution < -0.4 is 5.32 Å². The first-order chi connectivity index (χ1) is 11.5. The molecule has 1 saturated heterocycles. The predicted octanol–water partition coefficient (Wildman–Crippen LogP) is 3.60. The molecular formula is C17H17ClN2O3S. The highest BCUT2D eigenvalue weighted by molar-refractivity contribution is 7.17. The average molecular weight is 365 g/mol. The van der Waals surface area contributed by atoms with Gasteiger partial charge in [-0.05, 0) is 38.3 Å². The van der Waals surface area contributed by atoms with Gasteiger partial charge in [-0.3, -0.25) is 4.79 Å². The molecular weight excluding hydrogens is 348 g/mol. The van der Waals surface area contributed by atoms with Crippen molar-refractivity contribution in [2.75, 3.05) is 6.54 Å². The molecule has 0 radical (unpaired) electrons. The number of hydrogen-bond acceptors (Lipinski definition) is 5. The Morgan fingerprint density at radius 3 is 2.83 bits per heavy atom. The fraction of sp³-hybridized carbons (Fsp3) is 0.353. The summed E-state index contributed by atoms with van der Waals surface area (Å²) in [6.45, 7) is 2.40. The normalized spacial score (nSPS) is 17.9. The number of ether oxygens (including phenoxy) is 1. The summed E-state index contributed by atoms with van der Waals surface area (Å²) >= 11 is 7.15. The number of benzene rings is 1. The molecule has 1 aliphatic heterocycles. The van der Waals surface area contributed by atoms with E-state index in [2.05, 4.69) is 10.3 Å². The molecule has 1 aromatic heterocycles. The largest absolute Gasteiger partial charge is 0.448 e. The van der Waals surface area contributed by atoms with Gasteiger partial charge in [-0.1, -0.05) is 23.7 Å². The van der Waals surface area contributed by atoms with Crippen molar-refractivity contribution >= 4 is 34.8 Å². The van der Waals surface area contributed by atoms with E-state index < -0.39 is 12.1 Å². The lowest BCUT2D eigenvalue weighted by Crippen LogP contribution is -2.36. The Balaban J connectivity index is 1.77. The van der Waals surface area contributed by atoms with E-state index in [0.717, 1.165) is 23.4 Å². The van der Waals surface area contributed by atoms with Gasteiger partial charge in [0.2, 0.25) is 0 Å². The van der Waals surface area contributed by atoms with Crippen molar-refractivity contribution < 1.29 is 14.3 Å². The molecule has 1 amide bonds. The highest BCUT2D eigenvalue weighted by Crippen LogP contribution is 2.29. The van der Waals surface area contributed by atoms with Crippen molar-refractivity contribution in [1.82, 2.24) is 10.3 Å². The van der Waals surface area contributed by atoms with Gasteiger partial charge in [0.05, 0.1) is 5.69 Å².